The van der Waals surface area contributed by atoms with Gasteiger partial charge in [-0.25, -0.2) is 10.1 Å². The molecule has 4 rings (SSSR count). The van der Waals surface area contributed by atoms with E-state index in [1.165, 1.54) is 5.56 Å². The van der Waals surface area contributed by atoms with E-state index in [-0.39, 0.29) is 17.3 Å². The van der Waals surface area contributed by atoms with Gasteiger partial charge in [0.05, 0.1) is 18.5 Å². The Hall–Kier alpha value is -4.74. The SMILES string of the molecule is COc1cc(C(C)=NNC(=O)c2c(C)nnn2-c2nonc2N)ccc1OCc1ccc(C)cc1. The number of aryl methyl sites for hydroxylation is 2. The fourth-order valence-electron chi connectivity index (χ4n) is 3.21. The normalized spacial score (nSPS) is 11.4. The van der Waals surface area contributed by atoms with Crippen molar-refractivity contribution >= 4 is 17.4 Å². The van der Waals surface area contributed by atoms with Crippen molar-refractivity contribution in [3.63, 3.8) is 0 Å². The van der Waals surface area contributed by atoms with Gasteiger partial charge in [-0.1, -0.05) is 35.0 Å². The van der Waals surface area contributed by atoms with Crippen LogP contribution in [0.25, 0.3) is 5.82 Å². The molecule has 35 heavy (non-hydrogen) atoms. The quantitative estimate of drug-likeness (QED) is 0.288. The molecule has 0 fully saturated rings. The Labute approximate surface area is 200 Å². The molecule has 0 saturated carbocycles. The standard InChI is InChI=1S/C23H24N8O4/c1-13-5-7-16(8-6-13)12-34-18-10-9-17(11-19(18)33-4)14(2)25-27-23(32)20-15(3)26-30-31(20)22-21(24)28-35-29-22/h5-11H,12H2,1-4H3,(H2,24,28)(H,27,32). The van der Waals surface area contributed by atoms with E-state index in [1.807, 2.05) is 37.3 Å². The summed E-state index contributed by atoms with van der Waals surface area (Å²) in [6, 6.07) is 13.5. The Balaban J connectivity index is 1.48. The lowest BCUT2D eigenvalue weighted by molar-refractivity contribution is 0.0946. The van der Waals surface area contributed by atoms with E-state index in [2.05, 4.69) is 35.8 Å². The zero-order chi connectivity index (χ0) is 24.9. The highest BCUT2D eigenvalue weighted by Crippen LogP contribution is 2.29. The van der Waals surface area contributed by atoms with Crippen molar-refractivity contribution < 1.29 is 18.9 Å². The minimum Gasteiger partial charge on any atom is -0.493 e. The minimum atomic E-state index is -0.556. The highest BCUT2D eigenvalue weighted by atomic mass is 16.6. The van der Waals surface area contributed by atoms with Crippen LogP contribution in [0.3, 0.4) is 0 Å². The molecule has 0 bridgehead atoms. The number of methoxy groups -OCH3 is 1. The van der Waals surface area contributed by atoms with Crippen LogP contribution in [0.5, 0.6) is 11.5 Å². The van der Waals surface area contributed by atoms with Gasteiger partial charge in [0.25, 0.3) is 5.91 Å². The number of amides is 1. The maximum Gasteiger partial charge on any atom is 0.292 e. The maximum atomic E-state index is 12.8. The number of benzene rings is 2. The van der Waals surface area contributed by atoms with Crippen LogP contribution in [0.2, 0.25) is 0 Å². The van der Waals surface area contributed by atoms with Crippen molar-refractivity contribution in [2.45, 2.75) is 27.4 Å². The summed E-state index contributed by atoms with van der Waals surface area (Å²) in [6.45, 7) is 5.82. The molecular weight excluding hydrogens is 452 g/mol. The number of hydrazone groups is 1. The molecule has 0 unspecified atom stereocenters. The van der Waals surface area contributed by atoms with Gasteiger partial charge in [-0.3, -0.25) is 4.79 Å². The number of nitrogens with one attached hydrogen (secondary N) is 1. The van der Waals surface area contributed by atoms with Gasteiger partial charge in [0.15, 0.2) is 17.2 Å². The predicted molar refractivity (Wildman–Crippen MR) is 127 cm³/mol. The van der Waals surface area contributed by atoms with Gasteiger partial charge in [-0.15, -0.1) is 5.10 Å². The number of hydrogen-bond donors (Lipinski definition) is 2. The minimum absolute atomic E-state index is 0.0274. The molecule has 3 N–H and O–H groups in total. The average molecular weight is 476 g/mol. The molecule has 2 heterocycles. The monoisotopic (exact) mass is 476 g/mol. The fraction of sp³-hybridized carbons (Fsp3) is 0.217. The topological polar surface area (TPSA) is 156 Å². The molecule has 0 aliphatic rings. The lowest BCUT2D eigenvalue weighted by Crippen LogP contribution is -2.24. The van der Waals surface area contributed by atoms with Crippen molar-refractivity contribution in [2.24, 2.45) is 5.10 Å². The molecule has 0 saturated heterocycles. The number of nitrogen functional groups attached to an aromatic ring is 1. The van der Waals surface area contributed by atoms with Crippen LogP contribution in [0.1, 0.15) is 39.8 Å². The Morgan fingerprint density at radius 3 is 2.60 bits per heavy atom. The zero-order valence-electron chi connectivity index (χ0n) is 19.6. The first kappa shape index (κ1) is 23.4. The van der Waals surface area contributed by atoms with Crippen molar-refractivity contribution in [3.05, 3.63) is 70.5 Å². The molecule has 2 aromatic heterocycles. The number of nitrogens with zero attached hydrogens (tertiary/aromatic N) is 6. The van der Waals surface area contributed by atoms with Crippen LogP contribution >= 0.6 is 0 Å². The molecule has 12 heteroatoms. The second-order valence-electron chi connectivity index (χ2n) is 7.69. The van der Waals surface area contributed by atoms with Crippen LogP contribution in [0.4, 0.5) is 5.82 Å². The van der Waals surface area contributed by atoms with E-state index < -0.39 is 5.91 Å². The van der Waals surface area contributed by atoms with Crippen molar-refractivity contribution in [1.82, 2.24) is 30.7 Å². The third kappa shape index (κ3) is 5.11. The van der Waals surface area contributed by atoms with Crippen LogP contribution in [0.15, 0.2) is 52.2 Å². The largest absolute Gasteiger partial charge is 0.493 e. The van der Waals surface area contributed by atoms with Gasteiger partial charge in [-0.05, 0) is 54.8 Å². The first-order chi connectivity index (χ1) is 16.9. The van der Waals surface area contributed by atoms with Gasteiger partial charge >= 0.3 is 0 Å². The highest BCUT2D eigenvalue weighted by Gasteiger charge is 2.23. The lowest BCUT2D eigenvalue weighted by atomic mass is 10.1. The molecule has 2 aromatic carbocycles. The highest BCUT2D eigenvalue weighted by molar-refractivity contribution is 6.01. The summed E-state index contributed by atoms with van der Waals surface area (Å²) in [4.78, 5) is 12.8. The number of aromatic nitrogens is 5. The molecule has 0 spiro atoms. The molecule has 12 nitrogen and oxygen atoms in total. The predicted octanol–water partition coefficient (Wildman–Crippen LogP) is 2.59. The van der Waals surface area contributed by atoms with E-state index in [4.69, 9.17) is 15.2 Å². The Morgan fingerprint density at radius 1 is 1.14 bits per heavy atom. The average Bonchev–Trinajstić information content (AvgIpc) is 3.46. The molecule has 0 aliphatic heterocycles. The number of ether oxygens (including phenoxy) is 2. The summed E-state index contributed by atoms with van der Waals surface area (Å²) >= 11 is 0. The van der Waals surface area contributed by atoms with Crippen LogP contribution in [0, 0.1) is 13.8 Å². The van der Waals surface area contributed by atoms with E-state index in [0.29, 0.717) is 29.5 Å². The van der Waals surface area contributed by atoms with Crippen LogP contribution < -0.4 is 20.6 Å². The molecule has 1 amide bonds. The van der Waals surface area contributed by atoms with Gasteiger partial charge in [0.2, 0.25) is 11.6 Å². The van der Waals surface area contributed by atoms with Gasteiger partial charge in [-0.2, -0.15) is 9.78 Å². The van der Waals surface area contributed by atoms with Gasteiger partial charge in [0, 0.05) is 5.56 Å². The molecule has 0 radical (unpaired) electrons. The smallest absolute Gasteiger partial charge is 0.292 e. The van der Waals surface area contributed by atoms with Gasteiger partial charge < -0.3 is 15.2 Å². The number of rotatable bonds is 8. The maximum absolute atomic E-state index is 12.8. The third-order valence-corrected chi connectivity index (χ3v) is 5.17. The molecule has 180 valence electrons. The number of nitrogens with two attached hydrogens (primary N) is 1. The fourth-order valence-corrected chi connectivity index (χ4v) is 3.21. The number of hydrogen-bond acceptors (Lipinski definition) is 10. The summed E-state index contributed by atoms with van der Waals surface area (Å²) in [5.41, 5.74) is 12.2. The van der Waals surface area contributed by atoms with Crippen molar-refractivity contribution in [2.75, 3.05) is 12.8 Å². The summed E-state index contributed by atoms with van der Waals surface area (Å²) in [7, 11) is 1.56. The summed E-state index contributed by atoms with van der Waals surface area (Å²) < 4.78 is 17.1. The second-order valence-corrected chi connectivity index (χ2v) is 7.69. The molecular formula is C23H24N8O4. The number of carbonyl (C=O) groups is 1. The summed E-state index contributed by atoms with van der Waals surface area (Å²) in [5.74, 6) is 0.614. The lowest BCUT2D eigenvalue weighted by Gasteiger charge is -2.12. The first-order valence-corrected chi connectivity index (χ1v) is 10.6. The van der Waals surface area contributed by atoms with Gasteiger partial charge in [0.1, 0.15) is 6.61 Å². The first-order valence-electron chi connectivity index (χ1n) is 10.6. The zero-order valence-corrected chi connectivity index (χ0v) is 19.6. The number of carbonyl (C=O) groups excluding carboxylic acids is 1. The van der Waals surface area contributed by atoms with Crippen LogP contribution in [-0.2, 0) is 6.61 Å². The van der Waals surface area contributed by atoms with Crippen molar-refractivity contribution in [1.29, 1.82) is 0 Å². The molecule has 0 atom stereocenters. The summed E-state index contributed by atoms with van der Waals surface area (Å²) in [6.07, 6.45) is 0. The Bertz CT molecular complexity index is 1370. The molecule has 4 aromatic rings. The van der Waals surface area contributed by atoms with E-state index in [0.717, 1.165) is 15.8 Å². The number of anilines is 1. The Morgan fingerprint density at radius 2 is 1.91 bits per heavy atom. The summed E-state index contributed by atoms with van der Waals surface area (Å²) in [5, 5.41) is 19.1. The van der Waals surface area contributed by atoms with E-state index in [9.17, 15) is 4.79 Å². The Kier molecular flexibility index (Phi) is 6.71. The van der Waals surface area contributed by atoms with E-state index >= 15 is 0 Å². The third-order valence-electron chi connectivity index (χ3n) is 5.17. The van der Waals surface area contributed by atoms with E-state index in [1.54, 1.807) is 33.1 Å². The molecule has 0 aliphatic carbocycles. The van der Waals surface area contributed by atoms with Crippen LogP contribution in [-0.4, -0.2) is 44.0 Å². The van der Waals surface area contributed by atoms with Crippen molar-refractivity contribution in [3.8, 4) is 17.3 Å². The second kappa shape index (κ2) is 10.0.